The summed E-state index contributed by atoms with van der Waals surface area (Å²) in [5.74, 6) is -3.46. The highest BCUT2D eigenvalue weighted by molar-refractivity contribution is 7.91. The van der Waals surface area contributed by atoms with Crippen LogP contribution in [0.5, 0.6) is 0 Å². The molecule has 1 aromatic heterocycles. The Morgan fingerprint density at radius 1 is 1.15 bits per heavy atom. The second-order valence-electron chi connectivity index (χ2n) is 4.26. The first-order valence-electron chi connectivity index (χ1n) is 5.63. The molecule has 8 heteroatoms. The van der Waals surface area contributed by atoms with E-state index in [0.717, 1.165) is 17.8 Å². The Morgan fingerprint density at radius 2 is 1.70 bits per heavy atom. The Balaban J connectivity index is 2.51. The highest BCUT2D eigenvalue weighted by atomic mass is 32.2. The van der Waals surface area contributed by atoms with Crippen LogP contribution in [0.3, 0.4) is 0 Å². The topological polar surface area (TPSA) is 61.1 Å². The van der Waals surface area contributed by atoms with Crippen molar-refractivity contribution in [3.63, 3.8) is 0 Å². The van der Waals surface area contributed by atoms with Crippen molar-refractivity contribution >= 4 is 9.84 Å². The van der Waals surface area contributed by atoms with Gasteiger partial charge in [0.25, 0.3) is 5.56 Å². The second-order valence-corrected chi connectivity index (χ2v) is 6.18. The summed E-state index contributed by atoms with van der Waals surface area (Å²) in [6, 6.07) is 6.17. The molecule has 0 saturated heterocycles. The van der Waals surface area contributed by atoms with Gasteiger partial charge in [-0.2, -0.15) is 8.78 Å². The normalized spacial score (nSPS) is 12.1. The number of benzene rings is 1. The monoisotopic (exact) mass is 302 g/mol. The molecular formula is C12H12F2N2O3S. The molecule has 1 aromatic carbocycles. The van der Waals surface area contributed by atoms with E-state index < -0.39 is 20.5 Å². The molecule has 0 saturated carbocycles. The first-order valence-corrected chi connectivity index (χ1v) is 7.18. The van der Waals surface area contributed by atoms with Crippen molar-refractivity contribution in [3.8, 4) is 5.69 Å². The lowest BCUT2D eigenvalue weighted by atomic mass is 10.3. The molecule has 0 bridgehead atoms. The van der Waals surface area contributed by atoms with Gasteiger partial charge in [0.05, 0.1) is 10.6 Å². The van der Waals surface area contributed by atoms with Crippen molar-refractivity contribution in [2.24, 2.45) is 7.05 Å². The summed E-state index contributed by atoms with van der Waals surface area (Å²) < 4.78 is 50.3. The fourth-order valence-electron chi connectivity index (χ4n) is 1.82. The highest BCUT2D eigenvalue weighted by Crippen LogP contribution is 2.19. The highest BCUT2D eigenvalue weighted by Gasteiger charge is 2.26. The number of alkyl halides is 2. The largest absolute Gasteiger partial charge is 0.341 e. The van der Waals surface area contributed by atoms with Crippen molar-refractivity contribution in [1.29, 1.82) is 0 Å². The zero-order valence-electron chi connectivity index (χ0n) is 10.7. The van der Waals surface area contributed by atoms with Crippen LogP contribution in [0.1, 0.15) is 5.69 Å². The van der Waals surface area contributed by atoms with Gasteiger partial charge in [0.1, 0.15) is 0 Å². The maximum absolute atomic E-state index is 12.4. The van der Waals surface area contributed by atoms with Crippen molar-refractivity contribution < 1.29 is 17.2 Å². The molecule has 0 spiro atoms. The summed E-state index contributed by atoms with van der Waals surface area (Å²) in [4.78, 5) is 11.3. The van der Waals surface area contributed by atoms with Gasteiger partial charge >= 0.3 is 5.76 Å². The molecule has 0 radical (unpaired) electrons. The smallest absolute Gasteiger partial charge is 0.285 e. The average molecular weight is 302 g/mol. The van der Waals surface area contributed by atoms with Crippen LogP contribution in [-0.2, 0) is 16.9 Å². The molecule has 0 atom stereocenters. The van der Waals surface area contributed by atoms with Crippen molar-refractivity contribution in [2.75, 3.05) is 0 Å². The van der Waals surface area contributed by atoms with Gasteiger partial charge in [-0.25, -0.2) is 13.1 Å². The Morgan fingerprint density at radius 3 is 2.10 bits per heavy atom. The van der Waals surface area contributed by atoms with Gasteiger partial charge in [0, 0.05) is 18.8 Å². The number of hydrogen-bond donors (Lipinski definition) is 0. The Kier molecular flexibility index (Phi) is 3.51. The summed E-state index contributed by atoms with van der Waals surface area (Å²) in [6.07, 6.45) is 0. The molecule has 0 aliphatic heterocycles. The summed E-state index contributed by atoms with van der Waals surface area (Å²) in [7, 11) is -2.95. The van der Waals surface area contributed by atoms with E-state index >= 15 is 0 Å². The molecule has 1 heterocycles. The summed E-state index contributed by atoms with van der Waals surface area (Å²) >= 11 is 0. The molecule has 20 heavy (non-hydrogen) atoms. The van der Waals surface area contributed by atoms with E-state index in [9.17, 15) is 22.0 Å². The van der Waals surface area contributed by atoms with Crippen molar-refractivity contribution in [1.82, 2.24) is 9.36 Å². The van der Waals surface area contributed by atoms with E-state index in [4.69, 9.17) is 0 Å². The maximum Gasteiger partial charge on any atom is 0.341 e. The molecule has 0 fully saturated rings. The summed E-state index contributed by atoms with van der Waals surface area (Å²) in [5.41, 5.74) is 0.840. The maximum atomic E-state index is 12.4. The van der Waals surface area contributed by atoms with Gasteiger partial charge in [-0.15, -0.1) is 0 Å². The lowest BCUT2D eigenvalue weighted by molar-refractivity contribution is 0.234. The lowest BCUT2D eigenvalue weighted by Crippen LogP contribution is -2.19. The first kappa shape index (κ1) is 14.4. The predicted octanol–water partition coefficient (Wildman–Crippen LogP) is 1.48. The number of aromatic nitrogens is 2. The van der Waals surface area contributed by atoms with E-state index in [1.54, 1.807) is 18.7 Å². The summed E-state index contributed by atoms with van der Waals surface area (Å²) in [5, 5.41) is 0. The number of halogens is 2. The third-order valence-corrected chi connectivity index (χ3v) is 4.39. The number of rotatable bonds is 3. The van der Waals surface area contributed by atoms with Crippen LogP contribution in [0.2, 0.25) is 0 Å². The van der Waals surface area contributed by atoms with Crippen LogP contribution < -0.4 is 5.56 Å². The van der Waals surface area contributed by atoms with E-state index in [1.807, 2.05) is 0 Å². The third-order valence-electron chi connectivity index (χ3n) is 3.00. The van der Waals surface area contributed by atoms with Crippen LogP contribution >= 0.6 is 0 Å². The minimum Gasteiger partial charge on any atom is -0.285 e. The van der Waals surface area contributed by atoms with Gasteiger partial charge in [0.2, 0.25) is 9.84 Å². The molecule has 0 N–H and O–H groups in total. The predicted molar refractivity (Wildman–Crippen MR) is 68.9 cm³/mol. The van der Waals surface area contributed by atoms with Gasteiger partial charge in [0.15, 0.2) is 0 Å². The standard InChI is InChI=1S/C12H12F2N2O3S/c1-8-7-11(17)16(15(8)2)9-3-5-10(6-4-9)20(18,19)12(13)14/h3-7,12H,1-2H3. The fraction of sp³-hybridized carbons (Fsp3) is 0.250. The Hall–Kier alpha value is -1.96. The third kappa shape index (κ3) is 2.26. The molecule has 108 valence electrons. The van der Waals surface area contributed by atoms with Gasteiger partial charge < -0.3 is 0 Å². The molecule has 0 aliphatic rings. The quantitative estimate of drug-likeness (QED) is 0.863. The fourth-order valence-corrected chi connectivity index (χ4v) is 2.54. The molecule has 2 rings (SSSR count). The minimum atomic E-state index is -4.62. The SMILES string of the molecule is Cc1cc(=O)n(-c2ccc(S(=O)(=O)C(F)F)cc2)n1C. The Bertz CT molecular complexity index is 789. The number of hydrogen-bond acceptors (Lipinski definition) is 3. The Labute approximate surface area is 114 Å². The van der Waals surface area contributed by atoms with Crippen LogP contribution in [0.15, 0.2) is 40.0 Å². The van der Waals surface area contributed by atoms with E-state index in [2.05, 4.69) is 0 Å². The van der Waals surface area contributed by atoms with Gasteiger partial charge in [-0.1, -0.05) is 0 Å². The van der Waals surface area contributed by atoms with Crippen LogP contribution in [0.4, 0.5) is 8.78 Å². The van der Waals surface area contributed by atoms with Crippen LogP contribution in [-0.4, -0.2) is 23.5 Å². The van der Waals surface area contributed by atoms with Crippen molar-refractivity contribution in [2.45, 2.75) is 17.6 Å². The lowest BCUT2D eigenvalue weighted by Gasteiger charge is -2.09. The zero-order valence-corrected chi connectivity index (χ0v) is 11.6. The minimum absolute atomic E-state index is 0.283. The van der Waals surface area contributed by atoms with Crippen molar-refractivity contribution in [3.05, 3.63) is 46.4 Å². The van der Waals surface area contributed by atoms with Gasteiger partial charge in [-0.3, -0.25) is 9.48 Å². The average Bonchev–Trinajstić information content (AvgIpc) is 2.63. The molecule has 5 nitrogen and oxygen atoms in total. The molecule has 0 unspecified atom stereocenters. The second kappa shape index (κ2) is 4.86. The zero-order chi connectivity index (χ0) is 15.1. The first-order chi connectivity index (χ1) is 9.25. The van der Waals surface area contributed by atoms with Crippen LogP contribution in [0.25, 0.3) is 5.69 Å². The number of sulfone groups is 1. The molecule has 2 aromatic rings. The van der Waals surface area contributed by atoms with Crippen LogP contribution in [0, 0.1) is 6.92 Å². The van der Waals surface area contributed by atoms with E-state index in [1.165, 1.54) is 22.9 Å². The summed E-state index contributed by atoms with van der Waals surface area (Å²) in [6.45, 7) is 1.74. The van der Waals surface area contributed by atoms with E-state index in [0.29, 0.717) is 5.69 Å². The van der Waals surface area contributed by atoms with Gasteiger partial charge in [-0.05, 0) is 31.2 Å². The number of aryl methyl sites for hydroxylation is 1. The molecule has 0 aliphatic carbocycles. The number of nitrogens with zero attached hydrogens (tertiary/aromatic N) is 2. The molecule has 0 amide bonds. The molecular weight excluding hydrogens is 290 g/mol. The van der Waals surface area contributed by atoms with E-state index in [-0.39, 0.29) is 5.56 Å².